The van der Waals surface area contributed by atoms with Crippen LogP contribution in [0.1, 0.15) is 0 Å². The van der Waals surface area contributed by atoms with Gasteiger partial charge in [0, 0.05) is 6.20 Å². The summed E-state index contributed by atoms with van der Waals surface area (Å²) in [4.78, 5) is 3.73. The number of halogens is 2. The number of nitrogens with zero attached hydrogens (tertiary/aromatic N) is 2. The van der Waals surface area contributed by atoms with Crippen molar-refractivity contribution < 1.29 is 9.60 Å². The molecule has 12 heavy (non-hydrogen) atoms. The van der Waals surface area contributed by atoms with Crippen molar-refractivity contribution in [2.24, 2.45) is 0 Å². The van der Waals surface area contributed by atoms with Crippen LogP contribution in [0.15, 0.2) is 18.5 Å². The van der Waals surface area contributed by atoms with E-state index in [1.807, 2.05) is 0 Å². The maximum atomic E-state index is 13.1. The maximum absolute atomic E-state index is 13.1. The SMILES string of the molecule is On1cc(Cl)c(F)c2ccnc1-2. The van der Waals surface area contributed by atoms with Crippen molar-refractivity contribution in [3.63, 3.8) is 0 Å². The lowest BCUT2D eigenvalue weighted by atomic mass is 10.2. The number of aromatic nitrogens is 2. The van der Waals surface area contributed by atoms with Gasteiger partial charge in [0.15, 0.2) is 11.6 Å². The van der Waals surface area contributed by atoms with Gasteiger partial charge in [0.25, 0.3) is 0 Å². The molecule has 62 valence electrons. The third-order valence-corrected chi connectivity index (χ3v) is 1.84. The van der Waals surface area contributed by atoms with Gasteiger partial charge in [-0.25, -0.2) is 9.37 Å². The fourth-order valence-electron chi connectivity index (χ4n) is 1.03. The fourth-order valence-corrected chi connectivity index (χ4v) is 1.23. The zero-order valence-corrected chi connectivity index (χ0v) is 6.59. The van der Waals surface area contributed by atoms with Gasteiger partial charge >= 0.3 is 0 Å². The lowest BCUT2D eigenvalue weighted by Crippen LogP contribution is -2.00. The van der Waals surface area contributed by atoms with E-state index in [0.29, 0.717) is 4.73 Å². The Morgan fingerprint density at radius 3 is 3.08 bits per heavy atom. The molecule has 0 aromatic rings. The van der Waals surface area contributed by atoms with Crippen LogP contribution in [0.4, 0.5) is 4.39 Å². The molecule has 0 unspecified atom stereocenters. The second-order valence-corrected chi connectivity index (χ2v) is 2.72. The second-order valence-electron chi connectivity index (χ2n) is 2.32. The van der Waals surface area contributed by atoms with Crippen molar-refractivity contribution in [2.75, 3.05) is 0 Å². The summed E-state index contributed by atoms with van der Waals surface area (Å²) in [6, 6.07) is 1.45. The highest BCUT2D eigenvalue weighted by molar-refractivity contribution is 6.30. The van der Waals surface area contributed by atoms with Gasteiger partial charge in [0.2, 0.25) is 0 Å². The van der Waals surface area contributed by atoms with Crippen molar-refractivity contribution in [1.82, 2.24) is 9.71 Å². The molecule has 2 rings (SSSR count). The minimum absolute atomic E-state index is 0.127. The molecule has 0 radical (unpaired) electrons. The Kier molecular flexibility index (Phi) is 1.44. The topological polar surface area (TPSA) is 38.0 Å². The molecule has 5 heteroatoms. The van der Waals surface area contributed by atoms with Crippen LogP contribution in [0.25, 0.3) is 11.4 Å². The van der Waals surface area contributed by atoms with Crippen LogP contribution in [-0.2, 0) is 0 Å². The van der Waals surface area contributed by atoms with Gasteiger partial charge in [-0.2, -0.15) is 4.73 Å². The average molecular weight is 187 g/mol. The van der Waals surface area contributed by atoms with Gasteiger partial charge in [-0.05, 0) is 6.07 Å². The molecule has 3 nitrogen and oxygen atoms in total. The molecule has 0 aliphatic carbocycles. The predicted molar refractivity (Wildman–Crippen MR) is 41.0 cm³/mol. The van der Waals surface area contributed by atoms with Gasteiger partial charge in [0.1, 0.15) is 0 Å². The molecule has 0 aromatic carbocycles. The maximum Gasteiger partial charge on any atom is 0.178 e. The van der Waals surface area contributed by atoms with Crippen molar-refractivity contribution >= 4 is 11.6 Å². The monoisotopic (exact) mass is 186 g/mol. The van der Waals surface area contributed by atoms with Crippen LogP contribution in [-0.4, -0.2) is 14.9 Å². The van der Waals surface area contributed by atoms with E-state index in [0.717, 1.165) is 6.20 Å². The Hall–Kier alpha value is -1.29. The molecular formula is C7H4ClFN2O. The quantitative estimate of drug-likeness (QED) is 0.640. The van der Waals surface area contributed by atoms with Gasteiger partial charge < -0.3 is 5.21 Å². The number of fused-ring (bicyclic) bond motifs is 1. The first-order valence-corrected chi connectivity index (χ1v) is 3.58. The molecule has 0 saturated carbocycles. The summed E-state index contributed by atoms with van der Waals surface area (Å²) in [5.74, 6) is -0.397. The van der Waals surface area contributed by atoms with E-state index in [-0.39, 0.29) is 16.4 Å². The normalized spacial score (nSPS) is 10.8. The summed E-state index contributed by atoms with van der Waals surface area (Å²) in [5.41, 5.74) is 0.213. The van der Waals surface area contributed by atoms with Crippen LogP contribution in [0, 0.1) is 5.82 Å². The lowest BCUT2D eigenvalue weighted by molar-refractivity contribution is 0.186. The first-order valence-electron chi connectivity index (χ1n) is 3.20. The summed E-state index contributed by atoms with van der Waals surface area (Å²) >= 11 is 5.47. The lowest BCUT2D eigenvalue weighted by Gasteiger charge is -2.05. The Balaban J connectivity index is 2.86. The molecule has 0 spiro atoms. The Labute approximate surface area is 72.3 Å². The van der Waals surface area contributed by atoms with E-state index >= 15 is 0 Å². The highest BCUT2D eigenvalue weighted by atomic mass is 35.5. The van der Waals surface area contributed by atoms with E-state index in [2.05, 4.69) is 4.98 Å². The third-order valence-electron chi connectivity index (χ3n) is 1.58. The van der Waals surface area contributed by atoms with Crippen molar-refractivity contribution in [3.8, 4) is 11.4 Å². The molecule has 0 amide bonds. The Morgan fingerprint density at radius 2 is 2.33 bits per heavy atom. The summed E-state index contributed by atoms with van der Waals surface area (Å²) in [7, 11) is 0. The van der Waals surface area contributed by atoms with Gasteiger partial charge in [0.05, 0.1) is 16.8 Å². The summed E-state index contributed by atoms with van der Waals surface area (Å²) < 4.78 is 13.8. The first kappa shape index (κ1) is 7.36. The predicted octanol–water partition coefficient (Wildman–Crippen LogP) is 2.02. The number of rotatable bonds is 0. The zero-order chi connectivity index (χ0) is 8.72. The number of hydrogen-bond donors (Lipinski definition) is 1. The minimum Gasteiger partial charge on any atom is -0.427 e. The average Bonchev–Trinajstić information content (AvgIpc) is 2.48. The highest BCUT2D eigenvalue weighted by Gasteiger charge is 2.16. The smallest absolute Gasteiger partial charge is 0.178 e. The van der Waals surface area contributed by atoms with Gasteiger partial charge in [-0.1, -0.05) is 11.6 Å². The second kappa shape index (κ2) is 2.35. The first-order chi connectivity index (χ1) is 5.70. The molecule has 0 aromatic heterocycles. The van der Waals surface area contributed by atoms with Crippen LogP contribution >= 0.6 is 11.6 Å². The Morgan fingerprint density at radius 1 is 1.58 bits per heavy atom. The number of hydrogen-bond acceptors (Lipinski definition) is 2. The van der Waals surface area contributed by atoms with E-state index in [4.69, 9.17) is 16.8 Å². The summed E-state index contributed by atoms with van der Waals surface area (Å²) in [6.07, 6.45) is 2.46. The molecule has 0 saturated heterocycles. The molecule has 2 heterocycles. The van der Waals surface area contributed by atoms with Gasteiger partial charge in [-0.15, -0.1) is 0 Å². The molecule has 2 aliphatic heterocycles. The van der Waals surface area contributed by atoms with Gasteiger partial charge in [-0.3, -0.25) is 0 Å². The Bertz CT molecular complexity index is 401. The van der Waals surface area contributed by atoms with Crippen LogP contribution in [0.2, 0.25) is 5.02 Å². The van der Waals surface area contributed by atoms with E-state index in [9.17, 15) is 4.39 Å². The van der Waals surface area contributed by atoms with E-state index in [1.165, 1.54) is 12.3 Å². The largest absolute Gasteiger partial charge is 0.427 e. The van der Waals surface area contributed by atoms with Crippen molar-refractivity contribution in [1.29, 1.82) is 0 Å². The van der Waals surface area contributed by atoms with Crippen molar-refractivity contribution in [3.05, 3.63) is 29.3 Å². The molecule has 0 atom stereocenters. The molecule has 0 fully saturated rings. The number of pyridine rings is 1. The molecule has 1 N–H and O–H groups in total. The standard InChI is InChI=1S/C7H4ClFN2O/c8-5-3-11(12)7-4(6(5)9)1-2-10-7/h1-3,12H. The summed E-state index contributed by atoms with van der Waals surface area (Å²) in [6.45, 7) is 0. The van der Waals surface area contributed by atoms with Crippen LogP contribution < -0.4 is 0 Å². The van der Waals surface area contributed by atoms with E-state index < -0.39 is 5.82 Å². The zero-order valence-electron chi connectivity index (χ0n) is 5.83. The third kappa shape index (κ3) is 0.848. The van der Waals surface area contributed by atoms with E-state index in [1.54, 1.807) is 0 Å². The fraction of sp³-hybridized carbons (Fsp3) is 0. The molecule has 2 aliphatic rings. The minimum atomic E-state index is -0.561. The van der Waals surface area contributed by atoms with Crippen LogP contribution in [0.3, 0.4) is 0 Å². The molecular weight excluding hydrogens is 183 g/mol. The van der Waals surface area contributed by atoms with Crippen LogP contribution in [0.5, 0.6) is 0 Å². The van der Waals surface area contributed by atoms with Crippen molar-refractivity contribution in [2.45, 2.75) is 0 Å². The highest BCUT2D eigenvalue weighted by Crippen LogP contribution is 2.27. The summed E-state index contributed by atoms with van der Waals surface area (Å²) in [5, 5.41) is 9.04. The molecule has 0 bridgehead atoms.